The van der Waals surface area contributed by atoms with Crippen LogP contribution in [-0.2, 0) is 6.54 Å². The summed E-state index contributed by atoms with van der Waals surface area (Å²) in [6.45, 7) is -3.17. The normalized spacial score (nSPS) is 10.8. The fourth-order valence-corrected chi connectivity index (χ4v) is 2.36. The van der Waals surface area contributed by atoms with E-state index in [2.05, 4.69) is 30.2 Å². The van der Waals surface area contributed by atoms with Gasteiger partial charge in [0.1, 0.15) is 23.1 Å². The second-order valence-corrected chi connectivity index (χ2v) is 5.38. The summed E-state index contributed by atoms with van der Waals surface area (Å²) in [5.74, 6) is -0.674. The number of pyridine rings is 1. The standard InChI is InChI=1S/C17H14F3N5O3/c1-27-12-3-2-9(18)6-10(12)15-23-14(24-25-15)8-22-16(26)11-7-21-5-4-13(11)28-17(19)20/h2-7,17H,8H2,1H3,(H,22,26)(H,23,24,25). The van der Waals surface area contributed by atoms with E-state index in [0.29, 0.717) is 11.3 Å². The first-order valence-electron chi connectivity index (χ1n) is 7.90. The maximum atomic E-state index is 13.5. The van der Waals surface area contributed by atoms with Gasteiger partial charge < -0.3 is 14.8 Å². The summed E-state index contributed by atoms with van der Waals surface area (Å²) in [5.41, 5.74) is 0.172. The second-order valence-electron chi connectivity index (χ2n) is 5.38. The van der Waals surface area contributed by atoms with Crippen LogP contribution < -0.4 is 14.8 Å². The summed E-state index contributed by atoms with van der Waals surface area (Å²) < 4.78 is 47.8. The van der Waals surface area contributed by atoms with Crippen LogP contribution in [0.1, 0.15) is 16.2 Å². The molecule has 0 bridgehead atoms. The van der Waals surface area contributed by atoms with Gasteiger partial charge in [0.2, 0.25) is 0 Å². The number of aromatic amines is 1. The number of nitrogens with zero attached hydrogens (tertiary/aromatic N) is 3. The number of amides is 1. The van der Waals surface area contributed by atoms with E-state index in [9.17, 15) is 18.0 Å². The van der Waals surface area contributed by atoms with Crippen molar-refractivity contribution >= 4 is 5.91 Å². The molecule has 3 rings (SSSR count). The lowest BCUT2D eigenvalue weighted by atomic mass is 10.2. The zero-order valence-corrected chi connectivity index (χ0v) is 14.4. The van der Waals surface area contributed by atoms with Gasteiger partial charge in [0.15, 0.2) is 5.82 Å². The summed E-state index contributed by atoms with van der Waals surface area (Å²) in [5, 5.41) is 9.07. The third-order valence-electron chi connectivity index (χ3n) is 3.59. The molecule has 1 aromatic carbocycles. The van der Waals surface area contributed by atoms with Gasteiger partial charge in [0, 0.05) is 12.4 Å². The Balaban J connectivity index is 1.72. The number of halogens is 3. The van der Waals surface area contributed by atoms with Crippen molar-refractivity contribution in [2.75, 3.05) is 7.11 Å². The highest BCUT2D eigenvalue weighted by molar-refractivity contribution is 5.96. The van der Waals surface area contributed by atoms with E-state index < -0.39 is 18.3 Å². The Morgan fingerprint density at radius 1 is 1.29 bits per heavy atom. The third kappa shape index (κ3) is 4.37. The molecule has 2 heterocycles. The van der Waals surface area contributed by atoms with E-state index in [-0.39, 0.29) is 29.5 Å². The molecule has 11 heteroatoms. The number of H-pyrrole nitrogens is 1. The van der Waals surface area contributed by atoms with Crippen LogP contribution in [0.3, 0.4) is 0 Å². The van der Waals surface area contributed by atoms with Crippen LogP contribution in [0.25, 0.3) is 11.4 Å². The monoisotopic (exact) mass is 393 g/mol. The number of hydrogen-bond donors (Lipinski definition) is 2. The largest absolute Gasteiger partial charge is 0.496 e. The number of benzene rings is 1. The molecule has 0 aliphatic rings. The molecule has 0 atom stereocenters. The SMILES string of the molecule is COc1ccc(F)cc1-c1n[nH]c(CNC(=O)c2cnccc2OC(F)F)n1. The van der Waals surface area contributed by atoms with Crippen LogP contribution in [0.5, 0.6) is 11.5 Å². The van der Waals surface area contributed by atoms with Gasteiger partial charge in [0.25, 0.3) is 5.91 Å². The van der Waals surface area contributed by atoms with Crippen molar-refractivity contribution < 1.29 is 27.4 Å². The van der Waals surface area contributed by atoms with E-state index in [0.717, 1.165) is 12.3 Å². The zero-order chi connectivity index (χ0) is 20.1. The van der Waals surface area contributed by atoms with Crippen LogP contribution in [0, 0.1) is 5.82 Å². The highest BCUT2D eigenvalue weighted by atomic mass is 19.3. The molecule has 2 N–H and O–H groups in total. The van der Waals surface area contributed by atoms with Gasteiger partial charge in [-0.1, -0.05) is 0 Å². The lowest BCUT2D eigenvalue weighted by molar-refractivity contribution is -0.0502. The predicted octanol–water partition coefficient (Wildman–Crippen LogP) is 2.55. The third-order valence-corrected chi connectivity index (χ3v) is 3.59. The molecule has 0 spiro atoms. The summed E-state index contributed by atoms with van der Waals surface area (Å²) >= 11 is 0. The maximum absolute atomic E-state index is 13.5. The summed E-state index contributed by atoms with van der Waals surface area (Å²) in [6, 6.07) is 5.05. The number of ether oxygens (including phenoxy) is 2. The van der Waals surface area contributed by atoms with Gasteiger partial charge >= 0.3 is 6.61 Å². The van der Waals surface area contributed by atoms with Gasteiger partial charge in [-0.3, -0.25) is 14.9 Å². The van der Waals surface area contributed by atoms with Gasteiger partial charge in [-0.05, 0) is 24.3 Å². The zero-order valence-electron chi connectivity index (χ0n) is 14.4. The van der Waals surface area contributed by atoms with Crippen LogP contribution >= 0.6 is 0 Å². The number of alkyl halides is 2. The number of nitrogens with one attached hydrogen (secondary N) is 2. The number of carbonyl (C=O) groups excluding carboxylic acids is 1. The van der Waals surface area contributed by atoms with Crippen LogP contribution in [0.15, 0.2) is 36.7 Å². The summed E-state index contributed by atoms with van der Waals surface area (Å²) in [4.78, 5) is 20.1. The summed E-state index contributed by atoms with van der Waals surface area (Å²) in [6.07, 6.45) is 2.33. The van der Waals surface area contributed by atoms with Crippen molar-refractivity contribution in [2.24, 2.45) is 0 Å². The number of carbonyl (C=O) groups is 1. The molecule has 0 saturated carbocycles. The highest BCUT2D eigenvalue weighted by Crippen LogP contribution is 2.28. The Hall–Kier alpha value is -3.63. The van der Waals surface area contributed by atoms with Crippen LogP contribution in [-0.4, -0.2) is 39.8 Å². The molecule has 0 aliphatic carbocycles. The summed E-state index contributed by atoms with van der Waals surface area (Å²) in [7, 11) is 1.43. The second kappa shape index (κ2) is 8.37. The smallest absolute Gasteiger partial charge is 0.387 e. The van der Waals surface area contributed by atoms with Crippen molar-refractivity contribution in [3.8, 4) is 22.9 Å². The molecular weight excluding hydrogens is 379 g/mol. The van der Waals surface area contributed by atoms with Crippen LogP contribution in [0.4, 0.5) is 13.2 Å². The fraction of sp³-hybridized carbons (Fsp3) is 0.176. The van der Waals surface area contributed by atoms with E-state index in [1.54, 1.807) is 0 Å². The van der Waals surface area contributed by atoms with Gasteiger partial charge in [0.05, 0.1) is 24.8 Å². The molecular formula is C17H14F3N5O3. The minimum atomic E-state index is -3.08. The Bertz CT molecular complexity index is 980. The Morgan fingerprint density at radius 3 is 2.86 bits per heavy atom. The minimum absolute atomic E-state index is 0.0908. The topological polar surface area (TPSA) is 102 Å². The van der Waals surface area contributed by atoms with Crippen molar-refractivity contribution in [1.29, 1.82) is 0 Å². The van der Waals surface area contributed by atoms with Crippen molar-refractivity contribution in [1.82, 2.24) is 25.5 Å². The minimum Gasteiger partial charge on any atom is -0.496 e. The molecule has 0 unspecified atom stereocenters. The molecule has 0 fully saturated rings. The molecule has 0 saturated heterocycles. The number of hydrogen-bond acceptors (Lipinski definition) is 6. The van der Waals surface area contributed by atoms with Gasteiger partial charge in [-0.15, -0.1) is 0 Å². The molecule has 2 aromatic heterocycles. The van der Waals surface area contributed by atoms with E-state index in [4.69, 9.17) is 4.74 Å². The first-order valence-corrected chi connectivity index (χ1v) is 7.90. The lowest BCUT2D eigenvalue weighted by Gasteiger charge is -2.09. The molecule has 1 amide bonds. The van der Waals surface area contributed by atoms with E-state index in [1.807, 2.05) is 0 Å². The Kier molecular flexibility index (Phi) is 5.72. The number of aromatic nitrogens is 4. The lowest BCUT2D eigenvalue weighted by Crippen LogP contribution is -2.24. The molecule has 0 aliphatic heterocycles. The van der Waals surface area contributed by atoms with Crippen molar-refractivity contribution in [2.45, 2.75) is 13.2 Å². The van der Waals surface area contributed by atoms with Gasteiger partial charge in [-0.25, -0.2) is 9.37 Å². The van der Waals surface area contributed by atoms with Crippen molar-refractivity contribution in [3.05, 3.63) is 53.9 Å². The van der Waals surface area contributed by atoms with Crippen LogP contribution in [0.2, 0.25) is 0 Å². The molecule has 0 radical (unpaired) electrons. The maximum Gasteiger partial charge on any atom is 0.387 e. The average Bonchev–Trinajstić information content (AvgIpc) is 3.15. The predicted molar refractivity (Wildman–Crippen MR) is 90.4 cm³/mol. The van der Waals surface area contributed by atoms with Gasteiger partial charge in [-0.2, -0.15) is 13.9 Å². The Labute approximate surface area is 156 Å². The van der Waals surface area contributed by atoms with Crippen molar-refractivity contribution in [3.63, 3.8) is 0 Å². The molecule has 28 heavy (non-hydrogen) atoms. The van der Waals surface area contributed by atoms with E-state index >= 15 is 0 Å². The first kappa shape index (κ1) is 19.1. The number of methoxy groups -OCH3 is 1. The number of rotatable bonds is 7. The average molecular weight is 393 g/mol. The molecule has 146 valence electrons. The first-order chi connectivity index (χ1) is 13.5. The molecule has 3 aromatic rings. The molecule has 8 nitrogen and oxygen atoms in total. The quantitative estimate of drug-likeness (QED) is 0.640. The Morgan fingerprint density at radius 2 is 2.11 bits per heavy atom. The van der Waals surface area contributed by atoms with E-state index in [1.165, 1.54) is 31.5 Å². The fourth-order valence-electron chi connectivity index (χ4n) is 2.36. The highest BCUT2D eigenvalue weighted by Gasteiger charge is 2.17.